The van der Waals surface area contributed by atoms with Crippen molar-refractivity contribution in [1.82, 2.24) is 4.98 Å². The van der Waals surface area contributed by atoms with Gasteiger partial charge in [-0.2, -0.15) is 13.2 Å². The second-order valence-corrected chi connectivity index (χ2v) is 8.32. The molecule has 0 radical (unpaired) electrons. The second kappa shape index (κ2) is 8.78. The third kappa shape index (κ3) is 5.37. The molecule has 32 heavy (non-hydrogen) atoms. The number of rotatable bonds is 6. The number of nitrogen functional groups attached to an aromatic ring is 1. The van der Waals surface area contributed by atoms with Gasteiger partial charge in [-0.1, -0.05) is 0 Å². The average molecular weight is 450 g/mol. The Bertz CT molecular complexity index is 1030. The summed E-state index contributed by atoms with van der Waals surface area (Å²) < 4.78 is 44.0. The fraction of sp³-hybridized carbons (Fsp3) is 0.409. The number of hydrogen-bond donors (Lipinski definition) is 3. The highest BCUT2D eigenvalue weighted by Crippen LogP contribution is 2.38. The van der Waals surface area contributed by atoms with Gasteiger partial charge in [-0.15, -0.1) is 0 Å². The first-order valence-corrected chi connectivity index (χ1v) is 9.96. The van der Waals surface area contributed by atoms with Gasteiger partial charge in [0.1, 0.15) is 11.4 Å². The van der Waals surface area contributed by atoms with Crippen molar-refractivity contribution in [2.45, 2.75) is 44.5 Å². The number of halogens is 3. The number of aliphatic imine (C=N–C) groups is 1. The molecule has 3 rings (SSSR count). The molecule has 1 aliphatic rings. The summed E-state index contributed by atoms with van der Waals surface area (Å²) in [5.74, 6) is -0.410. The van der Waals surface area contributed by atoms with E-state index in [4.69, 9.17) is 10.5 Å². The number of nitrogens with zero attached hydrogens (tertiary/aromatic N) is 2. The average Bonchev–Trinajstić information content (AvgIpc) is 2.67. The molecule has 1 aromatic heterocycles. The molecule has 2 aromatic rings. The van der Waals surface area contributed by atoms with Crippen LogP contribution in [-0.4, -0.2) is 41.0 Å². The van der Waals surface area contributed by atoms with Crippen LogP contribution in [0.15, 0.2) is 35.5 Å². The molecule has 0 unspecified atom stereocenters. The molecule has 0 aliphatic heterocycles. The lowest BCUT2D eigenvalue weighted by molar-refractivity contribution is -0.137. The van der Waals surface area contributed by atoms with Gasteiger partial charge in [0, 0.05) is 29.7 Å². The Balaban J connectivity index is 1.78. The predicted octanol–water partition coefficient (Wildman–Crippen LogP) is 3.91. The Labute approximate surface area is 183 Å². The lowest BCUT2D eigenvalue weighted by atomic mass is 9.71. The van der Waals surface area contributed by atoms with Crippen molar-refractivity contribution in [3.8, 4) is 5.75 Å². The normalized spacial score (nSPS) is 19.0. The maximum Gasteiger partial charge on any atom is 0.416 e. The van der Waals surface area contributed by atoms with Gasteiger partial charge >= 0.3 is 6.18 Å². The van der Waals surface area contributed by atoms with Crippen LogP contribution in [-0.2, 0) is 6.18 Å². The molecule has 1 fully saturated rings. The Morgan fingerprint density at radius 3 is 2.59 bits per heavy atom. The largest absolute Gasteiger partial charge is 0.494 e. The molecule has 4 N–H and O–H groups in total. The second-order valence-electron chi connectivity index (χ2n) is 8.32. The predicted molar refractivity (Wildman–Crippen MR) is 115 cm³/mol. The van der Waals surface area contributed by atoms with E-state index >= 15 is 0 Å². The van der Waals surface area contributed by atoms with E-state index in [1.54, 1.807) is 20.1 Å². The number of aromatic nitrogens is 1. The minimum Gasteiger partial charge on any atom is -0.494 e. The first-order valence-electron chi connectivity index (χ1n) is 9.96. The standard InChI is InChI=1S/C22H25F3N4O3/c1-21(2,31)14-7-15(8-14)28-11-12-6-17(19(32-3)10-16(12)26)29-20(30)18-9-13(4-5-27-18)22(23,24)25/h4-6,9-11,14-15,31H,7-8,26H2,1-3H3,(H,29,30). The monoisotopic (exact) mass is 450 g/mol. The Morgan fingerprint density at radius 2 is 2.00 bits per heavy atom. The van der Waals surface area contributed by atoms with Crippen LogP contribution in [0.2, 0.25) is 0 Å². The quantitative estimate of drug-likeness (QED) is 0.457. The van der Waals surface area contributed by atoms with Crippen molar-refractivity contribution in [3.63, 3.8) is 0 Å². The van der Waals surface area contributed by atoms with Crippen molar-refractivity contribution in [1.29, 1.82) is 0 Å². The molecule has 7 nitrogen and oxygen atoms in total. The number of alkyl halides is 3. The Hall–Kier alpha value is -3.14. The number of ether oxygens (including phenoxy) is 1. The molecular formula is C22H25F3N4O3. The van der Waals surface area contributed by atoms with Crippen molar-refractivity contribution < 1.29 is 27.8 Å². The molecule has 0 saturated heterocycles. The summed E-state index contributed by atoms with van der Waals surface area (Å²) in [6, 6.07) is 4.56. The van der Waals surface area contributed by atoms with E-state index in [0.717, 1.165) is 25.1 Å². The Morgan fingerprint density at radius 1 is 1.31 bits per heavy atom. The van der Waals surface area contributed by atoms with E-state index in [0.29, 0.717) is 17.3 Å². The molecule has 0 atom stereocenters. The van der Waals surface area contributed by atoms with Crippen LogP contribution in [0, 0.1) is 5.92 Å². The zero-order valence-electron chi connectivity index (χ0n) is 17.9. The lowest BCUT2D eigenvalue weighted by Gasteiger charge is -2.40. The molecule has 1 amide bonds. The number of carbonyl (C=O) groups is 1. The number of hydrogen-bond acceptors (Lipinski definition) is 6. The highest BCUT2D eigenvalue weighted by atomic mass is 19.4. The smallest absolute Gasteiger partial charge is 0.416 e. The molecule has 172 valence electrons. The first kappa shape index (κ1) is 23.5. The van der Waals surface area contributed by atoms with Gasteiger partial charge in [0.2, 0.25) is 0 Å². The molecule has 1 aromatic carbocycles. The highest BCUT2D eigenvalue weighted by Gasteiger charge is 2.38. The van der Waals surface area contributed by atoms with Gasteiger partial charge in [-0.05, 0) is 50.8 Å². The van der Waals surface area contributed by atoms with E-state index in [1.807, 2.05) is 0 Å². The summed E-state index contributed by atoms with van der Waals surface area (Å²) in [5, 5.41) is 12.5. The minimum atomic E-state index is -4.59. The summed E-state index contributed by atoms with van der Waals surface area (Å²) in [4.78, 5) is 20.7. The third-order valence-corrected chi connectivity index (χ3v) is 5.51. The fourth-order valence-electron chi connectivity index (χ4n) is 3.38. The number of nitrogens with one attached hydrogen (secondary N) is 1. The van der Waals surface area contributed by atoms with E-state index < -0.39 is 23.2 Å². The van der Waals surface area contributed by atoms with E-state index in [2.05, 4.69) is 15.3 Å². The number of nitrogens with two attached hydrogens (primary N) is 1. The molecule has 1 aliphatic carbocycles. The maximum absolute atomic E-state index is 12.9. The molecule has 10 heteroatoms. The van der Waals surface area contributed by atoms with Crippen molar-refractivity contribution in [2.24, 2.45) is 10.9 Å². The number of pyridine rings is 1. The summed E-state index contributed by atoms with van der Waals surface area (Å²) in [6.07, 6.45) is -0.582. The number of carbonyl (C=O) groups excluding carboxylic acids is 1. The van der Waals surface area contributed by atoms with E-state index in [9.17, 15) is 23.1 Å². The van der Waals surface area contributed by atoms with Gasteiger partial charge in [0.05, 0.1) is 30.0 Å². The number of aliphatic hydroxyl groups is 1. The van der Waals surface area contributed by atoms with Gasteiger partial charge in [0.25, 0.3) is 5.91 Å². The molecule has 1 saturated carbocycles. The summed E-state index contributed by atoms with van der Waals surface area (Å²) >= 11 is 0. The van der Waals surface area contributed by atoms with Gasteiger partial charge < -0.3 is 20.9 Å². The highest BCUT2D eigenvalue weighted by molar-refractivity contribution is 6.05. The molecular weight excluding hydrogens is 425 g/mol. The molecule has 0 spiro atoms. The van der Waals surface area contributed by atoms with Gasteiger partial charge in [-0.25, -0.2) is 0 Å². The lowest BCUT2D eigenvalue weighted by Crippen LogP contribution is -2.42. The van der Waals surface area contributed by atoms with Crippen LogP contribution in [0.4, 0.5) is 24.5 Å². The number of anilines is 2. The number of methoxy groups -OCH3 is 1. The minimum absolute atomic E-state index is 0.0558. The maximum atomic E-state index is 12.9. The van der Waals surface area contributed by atoms with Gasteiger partial charge in [-0.3, -0.25) is 14.8 Å². The van der Waals surface area contributed by atoms with Crippen molar-refractivity contribution >= 4 is 23.5 Å². The fourth-order valence-corrected chi connectivity index (χ4v) is 3.38. The third-order valence-electron chi connectivity index (χ3n) is 5.51. The number of benzene rings is 1. The first-order chi connectivity index (χ1) is 14.9. The van der Waals surface area contributed by atoms with Crippen LogP contribution in [0.1, 0.15) is 48.3 Å². The zero-order chi connectivity index (χ0) is 23.7. The van der Waals surface area contributed by atoms with Crippen LogP contribution in [0.3, 0.4) is 0 Å². The topological polar surface area (TPSA) is 110 Å². The van der Waals surface area contributed by atoms with Crippen LogP contribution < -0.4 is 15.8 Å². The van der Waals surface area contributed by atoms with Crippen LogP contribution in [0.5, 0.6) is 5.75 Å². The van der Waals surface area contributed by atoms with Gasteiger partial charge in [0.15, 0.2) is 0 Å². The SMILES string of the molecule is COc1cc(N)c(C=NC2CC(C(C)(C)O)C2)cc1NC(=O)c1cc(C(F)(F)F)ccn1. The summed E-state index contributed by atoms with van der Waals surface area (Å²) in [5.41, 5.74) is 5.04. The zero-order valence-corrected chi connectivity index (χ0v) is 17.9. The van der Waals surface area contributed by atoms with Crippen molar-refractivity contribution in [3.05, 3.63) is 47.3 Å². The van der Waals surface area contributed by atoms with Crippen LogP contribution >= 0.6 is 0 Å². The molecule has 0 bridgehead atoms. The summed E-state index contributed by atoms with van der Waals surface area (Å²) in [7, 11) is 1.38. The molecule has 1 heterocycles. The van der Waals surface area contributed by atoms with E-state index in [-0.39, 0.29) is 29.1 Å². The Kier molecular flexibility index (Phi) is 6.45. The van der Waals surface area contributed by atoms with Crippen molar-refractivity contribution in [2.75, 3.05) is 18.2 Å². The van der Waals surface area contributed by atoms with Crippen LogP contribution in [0.25, 0.3) is 0 Å². The number of amides is 1. The van der Waals surface area contributed by atoms with E-state index in [1.165, 1.54) is 19.2 Å². The summed E-state index contributed by atoms with van der Waals surface area (Å²) in [6.45, 7) is 3.54.